The molecule has 0 saturated carbocycles. The number of hydrogen-bond acceptors (Lipinski definition) is 6. The van der Waals surface area contributed by atoms with Crippen LogP contribution in [-0.2, 0) is 27.4 Å². The fraction of sp³-hybridized carbons (Fsp3) is 0.429. The lowest BCUT2D eigenvalue weighted by atomic mass is 9.93. The maximum absolute atomic E-state index is 10.4. The average molecular weight is 370 g/mol. The van der Waals surface area contributed by atoms with Gasteiger partial charge in [-0.15, -0.1) is 0 Å². The smallest absolute Gasteiger partial charge is 0.161 e. The zero-order valence-corrected chi connectivity index (χ0v) is 15.2. The van der Waals surface area contributed by atoms with E-state index in [1.807, 2.05) is 60.7 Å². The van der Waals surface area contributed by atoms with Gasteiger partial charge in [0.25, 0.3) is 0 Å². The summed E-state index contributed by atoms with van der Waals surface area (Å²) in [5, 5.41) is 10.4. The zero-order chi connectivity index (χ0) is 18.5. The summed E-state index contributed by atoms with van der Waals surface area (Å²) in [5.74, 6) is 0. The Morgan fingerprint density at radius 2 is 1.56 bits per heavy atom. The third-order valence-electron chi connectivity index (χ3n) is 5.03. The molecular formula is C21H26N2O4. The lowest BCUT2D eigenvalue weighted by Gasteiger charge is -2.46. The topological polar surface area (TPSA) is 72.0 Å². The number of aliphatic hydroxyl groups excluding tert-OH is 1. The van der Waals surface area contributed by atoms with Crippen LogP contribution in [0, 0.1) is 0 Å². The maximum Gasteiger partial charge on any atom is 0.161 e. The van der Waals surface area contributed by atoms with Crippen molar-refractivity contribution >= 4 is 0 Å². The van der Waals surface area contributed by atoms with Crippen LogP contribution in [0.5, 0.6) is 0 Å². The summed E-state index contributed by atoms with van der Waals surface area (Å²) in [6, 6.07) is 20.0. The van der Waals surface area contributed by atoms with Gasteiger partial charge in [-0.25, -0.2) is 5.43 Å². The lowest BCUT2D eigenvalue weighted by Crippen LogP contribution is -2.69. The van der Waals surface area contributed by atoms with E-state index in [-0.39, 0.29) is 18.2 Å². The van der Waals surface area contributed by atoms with E-state index in [1.165, 1.54) is 0 Å². The quantitative estimate of drug-likeness (QED) is 0.720. The molecule has 1 unspecified atom stereocenters. The number of benzene rings is 2. The van der Waals surface area contributed by atoms with Crippen LogP contribution in [0.15, 0.2) is 60.7 Å². The Kier molecular flexibility index (Phi) is 6.14. The third-order valence-corrected chi connectivity index (χ3v) is 5.03. The molecule has 0 bridgehead atoms. The number of nitrogens with one attached hydrogen (secondary N) is 2. The highest BCUT2D eigenvalue weighted by Gasteiger charge is 2.45. The zero-order valence-electron chi connectivity index (χ0n) is 15.2. The van der Waals surface area contributed by atoms with E-state index in [9.17, 15) is 5.11 Å². The normalized spacial score (nSPS) is 30.6. The molecule has 2 aromatic rings. The highest BCUT2D eigenvalue weighted by Crippen LogP contribution is 2.28. The van der Waals surface area contributed by atoms with Crippen molar-refractivity contribution in [2.45, 2.75) is 50.3 Å². The molecule has 6 heteroatoms. The SMILES string of the molecule is O[C@@H]1CNN[C@H]2[C@H]1OC(OCc1ccccc1)C[C@H]2OCc1ccccc1. The van der Waals surface area contributed by atoms with Crippen molar-refractivity contribution in [3.8, 4) is 0 Å². The molecule has 0 aromatic heterocycles. The summed E-state index contributed by atoms with van der Waals surface area (Å²) in [6.07, 6.45) is -0.930. The fourth-order valence-electron chi connectivity index (χ4n) is 3.59. The van der Waals surface area contributed by atoms with E-state index in [4.69, 9.17) is 14.2 Å². The molecule has 5 atom stereocenters. The highest BCUT2D eigenvalue weighted by molar-refractivity contribution is 5.14. The van der Waals surface area contributed by atoms with Gasteiger partial charge in [-0.1, -0.05) is 60.7 Å². The summed E-state index contributed by atoms with van der Waals surface area (Å²) < 4.78 is 18.2. The molecule has 6 nitrogen and oxygen atoms in total. The molecule has 2 fully saturated rings. The van der Waals surface area contributed by atoms with Gasteiger partial charge in [0.2, 0.25) is 0 Å². The second-order valence-corrected chi connectivity index (χ2v) is 7.02. The van der Waals surface area contributed by atoms with Crippen LogP contribution in [0.2, 0.25) is 0 Å². The summed E-state index contributed by atoms with van der Waals surface area (Å²) in [5.41, 5.74) is 8.46. The van der Waals surface area contributed by atoms with Crippen molar-refractivity contribution in [3.05, 3.63) is 71.8 Å². The summed E-state index contributed by atoms with van der Waals surface area (Å²) >= 11 is 0. The number of fused-ring (bicyclic) bond motifs is 1. The van der Waals surface area contributed by atoms with E-state index in [0.29, 0.717) is 26.2 Å². The maximum atomic E-state index is 10.4. The number of β-amino-alcohol motifs (C(OH)–C–C–N with tert-alkyl or cyclic N) is 1. The van der Waals surface area contributed by atoms with Crippen LogP contribution < -0.4 is 10.9 Å². The molecule has 2 heterocycles. The Morgan fingerprint density at radius 3 is 2.22 bits per heavy atom. The molecule has 0 aliphatic carbocycles. The highest BCUT2D eigenvalue weighted by atomic mass is 16.7. The Balaban J connectivity index is 1.41. The number of hydrazine groups is 1. The Labute approximate surface area is 159 Å². The molecule has 0 spiro atoms. The van der Waals surface area contributed by atoms with E-state index >= 15 is 0 Å². The van der Waals surface area contributed by atoms with Gasteiger partial charge in [0, 0.05) is 13.0 Å². The average Bonchev–Trinajstić information content (AvgIpc) is 2.73. The molecule has 3 N–H and O–H groups in total. The molecule has 2 aliphatic heterocycles. The number of rotatable bonds is 6. The van der Waals surface area contributed by atoms with E-state index < -0.39 is 12.4 Å². The fourth-order valence-corrected chi connectivity index (χ4v) is 3.59. The van der Waals surface area contributed by atoms with Gasteiger partial charge in [0.1, 0.15) is 6.10 Å². The Morgan fingerprint density at radius 1 is 0.926 bits per heavy atom. The third kappa shape index (κ3) is 4.73. The standard InChI is InChI=1S/C21H26N2O4/c24-17-12-22-23-20-18(25-13-15-7-3-1-4-8-15)11-19(27-21(17)20)26-14-16-9-5-2-6-10-16/h1-10,17-24H,11-14H2/t17-,18-,19?,20-,21+/m1/s1. The minimum atomic E-state index is -0.609. The van der Waals surface area contributed by atoms with Crippen molar-refractivity contribution in [1.82, 2.24) is 10.9 Å². The van der Waals surface area contributed by atoms with Crippen LogP contribution in [-0.4, -0.2) is 42.3 Å². The summed E-state index contributed by atoms with van der Waals surface area (Å²) in [4.78, 5) is 0. The van der Waals surface area contributed by atoms with Crippen LogP contribution in [0.3, 0.4) is 0 Å². The van der Waals surface area contributed by atoms with Crippen molar-refractivity contribution in [2.75, 3.05) is 6.54 Å². The molecule has 4 rings (SSSR count). The second-order valence-electron chi connectivity index (χ2n) is 7.02. The molecule has 27 heavy (non-hydrogen) atoms. The van der Waals surface area contributed by atoms with E-state index in [0.717, 1.165) is 11.1 Å². The monoisotopic (exact) mass is 370 g/mol. The molecular weight excluding hydrogens is 344 g/mol. The second kappa shape index (κ2) is 8.93. The van der Waals surface area contributed by atoms with Gasteiger partial charge in [0.05, 0.1) is 31.5 Å². The van der Waals surface area contributed by atoms with Gasteiger partial charge in [-0.3, -0.25) is 5.43 Å². The first kappa shape index (κ1) is 18.6. The molecule has 2 aromatic carbocycles. The number of ether oxygens (including phenoxy) is 3. The molecule has 0 radical (unpaired) electrons. The predicted octanol–water partition coefficient (Wildman–Crippen LogP) is 1.74. The summed E-state index contributed by atoms with van der Waals surface area (Å²) in [6.45, 7) is 1.41. The first-order chi connectivity index (χ1) is 13.3. The first-order valence-corrected chi connectivity index (χ1v) is 9.42. The van der Waals surface area contributed by atoms with E-state index in [1.54, 1.807) is 0 Å². The predicted molar refractivity (Wildman–Crippen MR) is 100 cm³/mol. The van der Waals surface area contributed by atoms with Crippen molar-refractivity contribution in [1.29, 1.82) is 0 Å². The van der Waals surface area contributed by atoms with Crippen LogP contribution in [0.1, 0.15) is 17.5 Å². The van der Waals surface area contributed by atoms with Gasteiger partial charge in [-0.2, -0.15) is 0 Å². The largest absolute Gasteiger partial charge is 0.389 e. The summed E-state index contributed by atoms with van der Waals surface area (Å²) in [7, 11) is 0. The van der Waals surface area contributed by atoms with Gasteiger partial charge >= 0.3 is 0 Å². The van der Waals surface area contributed by atoms with Crippen LogP contribution in [0.25, 0.3) is 0 Å². The minimum absolute atomic E-state index is 0.131. The number of hydrogen-bond donors (Lipinski definition) is 3. The Bertz CT molecular complexity index is 700. The molecule has 2 saturated heterocycles. The van der Waals surface area contributed by atoms with Gasteiger partial charge < -0.3 is 19.3 Å². The molecule has 2 aliphatic rings. The minimum Gasteiger partial charge on any atom is -0.389 e. The van der Waals surface area contributed by atoms with Gasteiger partial charge in [-0.05, 0) is 11.1 Å². The number of aliphatic hydroxyl groups is 1. The van der Waals surface area contributed by atoms with Gasteiger partial charge in [0.15, 0.2) is 6.29 Å². The van der Waals surface area contributed by atoms with Crippen LogP contribution >= 0.6 is 0 Å². The molecule has 0 amide bonds. The lowest BCUT2D eigenvalue weighted by molar-refractivity contribution is -0.262. The van der Waals surface area contributed by atoms with Crippen molar-refractivity contribution in [3.63, 3.8) is 0 Å². The Hall–Kier alpha value is -1.80. The van der Waals surface area contributed by atoms with Crippen molar-refractivity contribution < 1.29 is 19.3 Å². The molecule has 144 valence electrons. The van der Waals surface area contributed by atoms with Crippen molar-refractivity contribution in [2.24, 2.45) is 0 Å². The van der Waals surface area contributed by atoms with E-state index in [2.05, 4.69) is 10.9 Å². The first-order valence-electron chi connectivity index (χ1n) is 9.42. The van der Waals surface area contributed by atoms with Crippen LogP contribution in [0.4, 0.5) is 0 Å².